The second-order valence-corrected chi connectivity index (χ2v) is 6.68. The molecule has 0 aliphatic carbocycles. The summed E-state index contributed by atoms with van der Waals surface area (Å²) in [4.78, 5) is 14.4. The monoisotopic (exact) mass is 375 g/mol. The minimum Gasteiger partial charge on any atom is -0.490 e. The van der Waals surface area contributed by atoms with Gasteiger partial charge in [-0.25, -0.2) is 0 Å². The molecule has 1 aromatic carbocycles. The molecule has 3 rings (SSSR count). The number of ether oxygens (including phenoxy) is 4. The Hall–Kier alpha value is -2.05. The quantitative estimate of drug-likeness (QED) is 0.686. The van der Waals surface area contributed by atoms with Crippen molar-refractivity contribution in [3.05, 3.63) is 29.8 Å². The van der Waals surface area contributed by atoms with Gasteiger partial charge < -0.3 is 23.8 Å². The molecular formula is C21H29NO5. The number of nitrogens with zero attached hydrogens (tertiary/aromatic N) is 1. The summed E-state index contributed by atoms with van der Waals surface area (Å²) in [5.74, 6) is 1.85. The Bertz CT molecular complexity index is 646. The zero-order valence-corrected chi connectivity index (χ0v) is 16.2. The summed E-state index contributed by atoms with van der Waals surface area (Å²) in [5, 5.41) is 0. The largest absolute Gasteiger partial charge is 0.490 e. The van der Waals surface area contributed by atoms with Crippen LogP contribution in [0.4, 0.5) is 0 Å². The average molecular weight is 375 g/mol. The van der Waals surface area contributed by atoms with Crippen molar-refractivity contribution in [3.8, 4) is 11.5 Å². The fourth-order valence-electron chi connectivity index (χ4n) is 3.49. The summed E-state index contributed by atoms with van der Waals surface area (Å²) < 4.78 is 22.4. The third-order valence-corrected chi connectivity index (χ3v) is 4.87. The molecule has 2 aliphatic rings. The van der Waals surface area contributed by atoms with Crippen molar-refractivity contribution < 1.29 is 23.7 Å². The van der Waals surface area contributed by atoms with Gasteiger partial charge in [0.15, 0.2) is 17.8 Å². The Labute approximate surface area is 161 Å². The fraction of sp³-hybridized carbons (Fsp3) is 0.571. The third-order valence-electron chi connectivity index (χ3n) is 4.87. The van der Waals surface area contributed by atoms with Crippen LogP contribution in [-0.4, -0.2) is 56.6 Å². The van der Waals surface area contributed by atoms with Gasteiger partial charge in [-0.15, -0.1) is 0 Å². The zero-order chi connectivity index (χ0) is 19.1. The summed E-state index contributed by atoms with van der Waals surface area (Å²) in [5.41, 5.74) is 0.915. The van der Waals surface area contributed by atoms with Gasteiger partial charge in [0, 0.05) is 25.1 Å². The van der Waals surface area contributed by atoms with Gasteiger partial charge >= 0.3 is 0 Å². The van der Waals surface area contributed by atoms with E-state index >= 15 is 0 Å². The van der Waals surface area contributed by atoms with Crippen LogP contribution in [0.2, 0.25) is 0 Å². The molecule has 1 aromatic rings. The van der Waals surface area contributed by atoms with Crippen molar-refractivity contribution in [1.29, 1.82) is 0 Å². The van der Waals surface area contributed by atoms with Gasteiger partial charge in [0.05, 0.1) is 26.4 Å². The van der Waals surface area contributed by atoms with E-state index in [2.05, 4.69) is 0 Å². The number of likely N-dealkylation sites (tertiary alicyclic amines) is 1. The van der Waals surface area contributed by atoms with Crippen molar-refractivity contribution in [2.75, 3.05) is 39.5 Å². The van der Waals surface area contributed by atoms with Crippen molar-refractivity contribution in [2.45, 2.75) is 33.0 Å². The molecule has 0 atom stereocenters. The van der Waals surface area contributed by atoms with E-state index in [-0.39, 0.29) is 12.2 Å². The molecule has 6 nitrogen and oxygen atoms in total. The third kappa shape index (κ3) is 5.23. The number of carbonyl (C=O) groups excluding carboxylic acids is 1. The highest BCUT2D eigenvalue weighted by molar-refractivity contribution is 5.91. The number of hydrogen-bond acceptors (Lipinski definition) is 5. The lowest BCUT2D eigenvalue weighted by Crippen LogP contribution is -2.40. The van der Waals surface area contributed by atoms with Crippen LogP contribution in [0, 0.1) is 5.92 Å². The molecule has 2 saturated heterocycles. The molecule has 0 saturated carbocycles. The Morgan fingerprint density at radius 1 is 1.11 bits per heavy atom. The van der Waals surface area contributed by atoms with E-state index in [9.17, 15) is 4.79 Å². The normalized spacial score (nSPS) is 19.0. The van der Waals surface area contributed by atoms with Crippen LogP contribution in [0.3, 0.4) is 0 Å². The van der Waals surface area contributed by atoms with E-state index in [1.807, 2.05) is 43.0 Å². The number of carbonyl (C=O) groups is 1. The van der Waals surface area contributed by atoms with Crippen LogP contribution in [0.5, 0.6) is 11.5 Å². The highest BCUT2D eigenvalue weighted by atomic mass is 16.7. The maximum absolute atomic E-state index is 12.5. The molecule has 6 heteroatoms. The molecule has 27 heavy (non-hydrogen) atoms. The second-order valence-electron chi connectivity index (χ2n) is 6.68. The number of benzene rings is 1. The Morgan fingerprint density at radius 2 is 1.78 bits per heavy atom. The summed E-state index contributed by atoms with van der Waals surface area (Å²) in [6.45, 7) is 7.87. The van der Waals surface area contributed by atoms with Gasteiger partial charge in [0.25, 0.3) is 0 Å². The number of amides is 1. The second kappa shape index (κ2) is 9.76. The molecule has 0 aromatic heterocycles. The lowest BCUT2D eigenvalue weighted by molar-refractivity contribution is -0.131. The SMILES string of the molecule is CCOc1ccc(/C=C/C(=O)N2CCC(C3OCCO3)CC2)cc1OCC. The van der Waals surface area contributed by atoms with E-state index in [0.717, 1.165) is 37.2 Å². The molecule has 0 bridgehead atoms. The molecule has 0 spiro atoms. The smallest absolute Gasteiger partial charge is 0.246 e. The van der Waals surface area contributed by atoms with E-state index < -0.39 is 0 Å². The topological polar surface area (TPSA) is 57.2 Å². The molecule has 2 aliphatic heterocycles. The van der Waals surface area contributed by atoms with Gasteiger partial charge in [0.1, 0.15) is 0 Å². The standard InChI is InChI=1S/C21H29NO5/c1-3-24-18-7-5-16(15-19(18)25-4-2)6-8-20(23)22-11-9-17(10-12-22)21-26-13-14-27-21/h5-8,15,17,21H,3-4,9-14H2,1-2H3/b8-6+. The summed E-state index contributed by atoms with van der Waals surface area (Å²) in [6.07, 6.45) is 5.21. The van der Waals surface area contributed by atoms with Gasteiger partial charge in [0.2, 0.25) is 5.91 Å². The predicted molar refractivity (Wildman–Crippen MR) is 103 cm³/mol. The van der Waals surface area contributed by atoms with Crippen LogP contribution in [0.1, 0.15) is 32.3 Å². The number of hydrogen-bond donors (Lipinski definition) is 0. The van der Waals surface area contributed by atoms with E-state index in [0.29, 0.717) is 38.1 Å². The average Bonchev–Trinajstić information content (AvgIpc) is 3.23. The highest BCUT2D eigenvalue weighted by Crippen LogP contribution is 2.29. The Balaban J connectivity index is 1.55. The maximum atomic E-state index is 12.5. The predicted octanol–water partition coefficient (Wildman–Crippen LogP) is 3.11. The first kappa shape index (κ1) is 19.7. The van der Waals surface area contributed by atoms with Crippen LogP contribution >= 0.6 is 0 Å². The zero-order valence-electron chi connectivity index (χ0n) is 16.2. The first-order chi connectivity index (χ1) is 13.2. The lowest BCUT2D eigenvalue weighted by atomic mass is 9.96. The number of piperidine rings is 1. The summed E-state index contributed by atoms with van der Waals surface area (Å²) >= 11 is 0. The summed E-state index contributed by atoms with van der Waals surface area (Å²) in [7, 11) is 0. The molecule has 0 N–H and O–H groups in total. The molecule has 148 valence electrons. The summed E-state index contributed by atoms with van der Waals surface area (Å²) in [6, 6.07) is 5.71. The van der Waals surface area contributed by atoms with Crippen molar-refractivity contribution in [3.63, 3.8) is 0 Å². The van der Waals surface area contributed by atoms with Crippen molar-refractivity contribution >= 4 is 12.0 Å². The molecule has 2 fully saturated rings. The molecule has 0 radical (unpaired) electrons. The van der Waals surface area contributed by atoms with Crippen LogP contribution in [0.25, 0.3) is 6.08 Å². The van der Waals surface area contributed by atoms with Crippen LogP contribution in [-0.2, 0) is 14.3 Å². The van der Waals surface area contributed by atoms with Crippen molar-refractivity contribution in [1.82, 2.24) is 4.90 Å². The van der Waals surface area contributed by atoms with E-state index in [4.69, 9.17) is 18.9 Å². The maximum Gasteiger partial charge on any atom is 0.246 e. The molecule has 0 unspecified atom stereocenters. The molecular weight excluding hydrogens is 346 g/mol. The lowest BCUT2D eigenvalue weighted by Gasteiger charge is -2.33. The van der Waals surface area contributed by atoms with Gasteiger partial charge in [-0.1, -0.05) is 6.07 Å². The van der Waals surface area contributed by atoms with E-state index in [1.54, 1.807) is 6.08 Å². The van der Waals surface area contributed by atoms with Crippen molar-refractivity contribution in [2.24, 2.45) is 5.92 Å². The van der Waals surface area contributed by atoms with E-state index in [1.165, 1.54) is 0 Å². The Morgan fingerprint density at radius 3 is 2.44 bits per heavy atom. The minimum absolute atomic E-state index is 0.0357. The van der Waals surface area contributed by atoms with Gasteiger partial charge in [-0.2, -0.15) is 0 Å². The number of rotatable bonds is 7. The first-order valence-electron chi connectivity index (χ1n) is 9.81. The minimum atomic E-state index is -0.0846. The van der Waals surface area contributed by atoms with Gasteiger partial charge in [-0.05, 0) is 50.5 Å². The molecule has 1 amide bonds. The van der Waals surface area contributed by atoms with Gasteiger partial charge in [-0.3, -0.25) is 4.79 Å². The van der Waals surface area contributed by atoms with Crippen LogP contribution in [0.15, 0.2) is 24.3 Å². The Kier molecular flexibility index (Phi) is 7.12. The highest BCUT2D eigenvalue weighted by Gasteiger charge is 2.31. The molecule has 2 heterocycles. The first-order valence-corrected chi connectivity index (χ1v) is 9.81. The van der Waals surface area contributed by atoms with Crippen LogP contribution < -0.4 is 9.47 Å². The fourth-order valence-corrected chi connectivity index (χ4v) is 3.49.